The monoisotopic (exact) mass is 526 g/mol. The number of methoxy groups -OCH3 is 1. The molecule has 0 atom stereocenters. The molecule has 2 saturated carbocycles. The first-order valence-corrected chi connectivity index (χ1v) is 13.8. The van der Waals surface area contributed by atoms with Gasteiger partial charge in [-0.2, -0.15) is 4.98 Å². The summed E-state index contributed by atoms with van der Waals surface area (Å²) in [6.07, 6.45) is 10.0. The van der Waals surface area contributed by atoms with Crippen LogP contribution >= 0.6 is 0 Å². The second kappa shape index (κ2) is 11.3. The maximum atomic E-state index is 15.5. The van der Waals surface area contributed by atoms with Crippen molar-refractivity contribution in [2.24, 2.45) is 0 Å². The lowest BCUT2D eigenvalue weighted by atomic mass is 9.91. The summed E-state index contributed by atoms with van der Waals surface area (Å²) >= 11 is 0. The van der Waals surface area contributed by atoms with Gasteiger partial charge in [-0.15, -0.1) is 0 Å². The third-order valence-corrected chi connectivity index (χ3v) is 8.10. The lowest BCUT2D eigenvalue weighted by Crippen LogP contribution is -2.52. The first kappa shape index (κ1) is 26.5. The lowest BCUT2D eigenvalue weighted by Gasteiger charge is -2.39. The number of carbonyl (C=O) groups excluding carboxylic acids is 1. The highest BCUT2D eigenvalue weighted by Crippen LogP contribution is 2.40. The molecule has 0 saturated heterocycles. The first-order valence-electron chi connectivity index (χ1n) is 13.8. The number of carbonyl (C=O) groups is 1. The molecule has 2 heterocycles. The summed E-state index contributed by atoms with van der Waals surface area (Å²) in [6.45, 7) is 2.44. The Bertz CT molecular complexity index is 1150. The fourth-order valence-electron chi connectivity index (χ4n) is 6.00. The van der Waals surface area contributed by atoms with E-state index in [2.05, 4.69) is 29.3 Å². The Morgan fingerprint density at radius 1 is 1.13 bits per heavy atom. The van der Waals surface area contributed by atoms with Gasteiger partial charge in [0.15, 0.2) is 11.6 Å². The van der Waals surface area contributed by atoms with Gasteiger partial charge in [0.2, 0.25) is 5.95 Å². The minimum Gasteiger partial charge on any atom is -0.494 e. The van der Waals surface area contributed by atoms with Crippen LogP contribution in [0.25, 0.3) is 0 Å². The number of halogens is 1. The van der Waals surface area contributed by atoms with Gasteiger partial charge in [0.1, 0.15) is 11.6 Å². The van der Waals surface area contributed by atoms with Crippen LogP contribution in [0.2, 0.25) is 0 Å². The minimum atomic E-state index is -0.591. The average Bonchev–Trinajstić information content (AvgIpc) is 3.44. The SMILES string of the molecule is CCOc1cc(OC)c(F)c(N2Cc3cnc(NC4CCC(N(C)C)CC4)nc3N(C3CCCC3)C2=O)c1. The van der Waals surface area contributed by atoms with E-state index in [1.807, 2.05) is 6.92 Å². The van der Waals surface area contributed by atoms with E-state index < -0.39 is 5.82 Å². The molecule has 0 unspecified atom stereocenters. The van der Waals surface area contributed by atoms with Crippen molar-refractivity contribution in [3.05, 3.63) is 29.7 Å². The Labute approximate surface area is 224 Å². The Kier molecular flexibility index (Phi) is 7.88. The Balaban J connectivity index is 1.45. The summed E-state index contributed by atoms with van der Waals surface area (Å²) in [6, 6.07) is 3.73. The molecule has 38 heavy (non-hydrogen) atoms. The number of nitrogens with zero attached hydrogens (tertiary/aromatic N) is 5. The average molecular weight is 527 g/mol. The highest BCUT2D eigenvalue weighted by molar-refractivity contribution is 6.06. The van der Waals surface area contributed by atoms with Crippen LogP contribution in [0, 0.1) is 5.82 Å². The number of rotatable bonds is 8. The summed E-state index contributed by atoms with van der Waals surface area (Å²) in [5.41, 5.74) is 0.921. The molecule has 1 N–H and O–H groups in total. The molecule has 0 bridgehead atoms. The second-order valence-electron chi connectivity index (χ2n) is 10.7. The third-order valence-electron chi connectivity index (χ3n) is 8.10. The smallest absolute Gasteiger partial charge is 0.330 e. The van der Waals surface area contributed by atoms with E-state index in [1.165, 1.54) is 18.1 Å². The predicted molar refractivity (Wildman–Crippen MR) is 146 cm³/mol. The number of fused-ring (bicyclic) bond motifs is 1. The molecule has 5 rings (SSSR count). The van der Waals surface area contributed by atoms with Crippen LogP contribution in [-0.4, -0.2) is 66.8 Å². The molecule has 2 amide bonds. The Hall–Kier alpha value is -3.14. The van der Waals surface area contributed by atoms with Gasteiger partial charge in [0.05, 0.1) is 25.9 Å². The van der Waals surface area contributed by atoms with Crippen molar-refractivity contribution < 1.29 is 18.7 Å². The molecule has 1 aromatic carbocycles. The van der Waals surface area contributed by atoms with Crippen molar-refractivity contribution in [1.82, 2.24) is 14.9 Å². The maximum absolute atomic E-state index is 15.5. The molecule has 9 nitrogen and oxygen atoms in total. The Morgan fingerprint density at radius 3 is 2.53 bits per heavy atom. The zero-order valence-electron chi connectivity index (χ0n) is 22.9. The van der Waals surface area contributed by atoms with Crippen molar-refractivity contribution in [3.63, 3.8) is 0 Å². The number of amides is 2. The van der Waals surface area contributed by atoms with Crippen molar-refractivity contribution in [2.75, 3.05) is 42.9 Å². The van der Waals surface area contributed by atoms with Gasteiger partial charge in [-0.05, 0) is 59.5 Å². The van der Waals surface area contributed by atoms with E-state index in [1.54, 1.807) is 17.2 Å². The number of nitrogens with one attached hydrogen (secondary N) is 1. The summed E-state index contributed by atoms with van der Waals surface area (Å²) in [7, 11) is 5.68. The number of anilines is 3. The second-order valence-corrected chi connectivity index (χ2v) is 10.7. The van der Waals surface area contributed by atoms with Gasteiger partial charge >= 0.3 is 6.03 Å². The first-order chi connectivity index (χ1) is 18.4. The maximum Gasteiger partial charge on any atom is 0.330 e. The molecular weight excluding hydrogens is 487 g/mol. The molecule has 1 aromatic heterocycles. The molecule has 2 aromatic rings. The van der Waals surface area contributed by atoms with E-state index in [0.717, 1.165) is 56.9 Å². The largest absolute Gasteiger partial charge is 0.494 e. The normalized spacial score (nSPS) is 22.1. The van der Waals surface area contributed by atoms with Gasteiger partial charge in [-0.25, -0.2) is 14.2 Å². The molecule has 0 radical (unpaired) electrons. The van der Waals surface area contributed by atoms with Gasteiger partial charge in [-0.1, -0.05) is 12.8 Å². The standard InChI is InChI=1S/C28H39FN6O3/c1-5-38-22-14-23(25(29)24(15-22)37-4)34-17-18-16-30-27(31-19-10-12-20(13-11-19)33(2)3)32-26(18)35(28(34)36)21-8-6-7-9-21/h14-16,19-21H,5-13,17H2,1-4H3,(H,30,31,32). The van der Waals surface area contributed by atoms with Crippen molar-refractivity contribution in [3.8, 4) is 11.5 Å². The number of hydrogen-bond acceptors (Lipinski definition) is 7. The Morgan fingerprint density at radius 2 is 1.87 bits per heavy atom. The van der Waals surface area contributed by atoms with Crippen LogP contribution in [0.1, 0.15) is 63.9 Å². The van der Waals surface area contributed by atoms with Crippen LogP contribution in [0.5, 0.6) is 11.5 Å². The summed E-state index contributed by atoms with van der Waals surface area (Å²) in [4.78, 5) is 29.0. The predicted octanol–water partition coefficient (Wildman–Crippen LogP) is 5.20. The van der Waals surface area contributed by atoms with E-state index in [-0.39, 0.29) is 30.1 Å². The van der Waals surface area contributed by atoms with E-state index in [0.29, 0.717) is 36.2 Å². The van der Waals surface area contributed by atoms with E-state index >= 15 is 4.39 Å². The van der Waals surface area contributed by atoms with Gasteiger partial charge in [0.25, 0.3) is 0 Å². The number of hydrogen-bond donors (Lipinski definition) is 1. The number of urea groups is 1. The highest BCUT2D eigenvalue weighted by atomic mass is 19.1. The fraction of sp³-hybridized carbons (Fsp3) is 0.607. The van der Waals surface area contributed by atoms with Crippen LogP contribution in [0.15, 0.2) is 18.3 Å². The van der Waals surface area contributed by atoms with E-state index in [9.17, 15) is 4.79 Å². The zero-order valence-corrected chi connectivity index (χ0v) is 22.9. The van der Waals surface area contributed by atoms with Crippen molar-refractivity contribution in [2.45, 2.75) is 83.0 Å². The van der Waals surface area contributed by atoms with Crippen LogP contribution in [0.4, 0.5) is 26.6 Å². The summed E-state index contributed by atoms with van der Waals surface area (Å²) in [5, 5.41) is 3.52. The minimum absolute atomic E-state index is 0.0161. The van der Waals surface area contributed by atoms with Crippen LogP contribution in [-0.2, 0) is 6.54 Å². The summed E-state index contributed by atoms with van der Waals surface area (Å²) in [5.74, 6) is 1.08. The molecular formula is C28H39FN6O3. The fourth-order valence-corrected chi connectivity index (χ4v) is 6.00. The quantitative estimate of drug-likeness (QED) is 0.506. The van der Waals surface area contributed by atoms with Gasteiger partial charge < -0.3 is 19.7 Å². The molecule has 3 aliphatic rings. The number of aromatic nitrogens is 2. The number of ether oxygens (including phenoxy) is 2. The number of benzene rings is 1. The van der Waals surface area contributed by atoms with Crippen LogP contribution < -0.4 is 24.6 Å². The molecule has 0 spiro atoms. The van der Waals surface area contributed by atoms with Crippen LogP contribution in [0.3, 0.4) is 0 Å². The van der Waals surface area contributed by atoms with Gasteiger partial charge in [-0.3, -0.25) is 9.80 Å². The summed E-state index contributed by atoms with van der Waals surface area (Å²) < 4.78 is 26.4. The van der Waals surface area contributed by atoms with Crippen molar-refractivity contribution in [1.29, 1.82) is 0 Å². The molecule has 10 heteroatoms. The molecule has 206 valence electrons. The molecule has 1 aliphatic heterocycles. The molecule has 2 aliphatic carbocycles. The zero-order chi connectivity index (χ0) is 26.8. The van der Waals surface area contributed by atoms with Gasteiger partial charge in [0, 0.05) is 42.0 Å². The highest BCUT2D eigenvalue weighted by Gasteiger charge is 2.40. The lowest BCUT2D eigenvalue weighted by molar-refractivity contribution is 0.221. The molecule has 2 fully saturated rings. The van der Waals surface area contributed by atoms with E-state index in [4.69, 9.17) is 14.5 Å². The van der Waals surface area contributed by atoms with Crippen molar-refractivity contribution >= 4 is 23.5 Å². The topological polar surface area (TPSA) is 83.1 Å². The third kappa shape index (κ3) is 5.23.